The van der Waals surface area contributed by atoms with Gasteiger partial charge in [-0.2, -0.15) is 5.10 Å². The van der Waals surface area contributed by atoms with Crippen LogP contribution in [0, 0.1) is 0 Å². The highest BCUT2D eigenvalue weighted by Crippen LogP contribution is 2.17. The molecule has 2 fully saturated rings. The third kappa shape index (κ3) is 4.51. The lowest BCUT2D eigenvalue weighted by molar-refractivity contribution is -0.131. The zero-order valence-electron chi connectivity index (χ0n) is 16.0. The molecule has 0 aliphatic carbocycles. The van der Waals surface area contributed by atoms with E-state index in [0.717, 1.165) is 64.3 Å². The van der Waals surface area contributed by atoms with Crippen LogP contribution in [0.5, 0.6) is 0 Å². The first-order valence-corrected chi connectivity index (χ1v) is 10.2. The third-order valence-electron chi connectivity index (χ3n) is 5.91. The zero-order chi connectivity index (χ0) is 18.6. The summed E-state index contributed by atoms with van der Waals surface area (Å²) in [6.07, 6.45) is 2.85. The van der Waals surface area contributed by atoms with Gasteiger partial charge in [0.1, 0.15) is 0 Å². The van der Waals surface area contributed by atoms with Gasteiger partial charge in [0.15, 0.2) is 0 Å². The first kappa shape index (κ1) is 18.9. The first-order chi connectivity index (χ1) is 13.2. The maximum absolute atomic E-state index is 12.7. The van der Waals surface area contributed by atoms with Crippen molar-refractivity contribution in [1.29, 1.82) is 0 Å². The van der Waals surface area contributed by atoms with Crippen LogP contribution in [0.1, 0.15) is 30.7 Å². The molecular weight excluding hydrogens is 346 g/mol. The Hall–Kier alpha value is -1.48. The quantitative estimate of drug-likeness (QED) is 0.743. The Bertz CT molecular complexity index is 626. The fourth-order valence-corrected chi connectivity index (χ4v) is 4.34. The summed E-state index contributed by atoms with van der Waals surface area (Å²) >= 11 is 0. The van der Waals surface area contributed by atoms with Gasteiger partial charge in [-0.05, 0) is 25.5 Å². The SMILES string of the molecule is O=C(CCc1cc2n(n1)CCCNC2)N1CCCN([C@H]2COC[C@@H]2O)CC1. The maximum atomic E-state index is 12.7. The Morgan fingerprint density at radius 3 is 3.00 bits per heavy atom. The van der Waals surface area contributed by atoms with Crippen LogP contribution in [0.25, 0.3) is 0 Å². The molecule has 2 N–H and O–H groups in total. The molecule has 0 saturated carbocycles. The molecule has 1 aromatic rings. The number of aryl methyl sites for hydroxylation is 2. The van der Waals surface area contributed by atoms with Crippen molar-refractivity contribution >= 4 is 5.91 Å². The third-order valence-corrected chi connectivity index (χ3v) is 5.91. The number of nitrogens with one attached hydrogen (secondary N) is 1. The van der Waals surface area contributed by atoms with E-state index in [-0.39, 0.29) is 11.9 Å². The fraction of sp³-hybridized carbons (Fsp3) is 0.789. The first-order valence-electron chi connectivity index (χ1n) is 10.2. The number of fused-ring (bicyclic) bond motifs is 1. The van der Waals surface area contributed by atoms with E-state index in [2.05, 4.69) is 26.1 Å². The smallest absolute Gasteiger partial charge is 0.223 e. The highest BCUT2D eigenvalue weighted by Gasteiger charge is 2.33. The van der Waals surface area contributed by atoms with Crippen LogP contribution in [-0.4, -0.2) is 88.7 Å². The summed E-state index contributed by atoms with van der Waals surface area (Å²) in [5.74, 6) is 0.210. The summed E-state index contributed by atoms with van der Waals surface area (Å²) in [6, 6.07) is 2.21. The van der Waals surface area contributed by atoms with Crippen molar-refractivity contribution in [2.24, 2.45) is 0 Å². The number of rotatable bonds is 4. The van der Waals surface area contributed by atoms with Crippen LogP contribution < -0.4 is 5.32 Å². The highest BCUT2D eigenvalue weighted by molar-refractivity contribution is 5.76. The van der Waals surface area contributed by atoms with Gasteiger partial charge in [-0.25, -0.2) is 0 Å². The second kappa shape index (κ2) is 8.68. The Labute approximate surface area is 160 Å². The van der Waals surface area contributed by atoms with Crippen LogP contribution in [-0.2, 0) is 29.0 Å². The molecule has 1 amide bonds. The molecule has 0 spiro atoms. The zero-order valence-corrected chi connectivity index (χ0v) is 16.0. The van der Waals surface area contributed by atoms with Crippen LogP contribution in [0.4, 0.5) is 0 Å². The molecule has 8 heteroatoms. The molecule has 0 unspecified atom stereocenters. The number of aliphatic hydroxyl groups is 1. The van der Waals surface area contributed by atoms with Crippen LogP contribution in [0.15, 0.2) is 6.07 Å². The Kier molecular flexibility index (Phi) is 6.07. The Morgan fingerprint density at radius 1 is 1.22 bits per heavy atom. The van der Waals surface area contributed by atoms with Crippen molar-refractivity contribution in [3.63, 3.8) is 0 Å². The van der Waals surface area contributed by atoms with Crippen LogP contribution >= 0.6 is 0 Å². The van der Waals surface area contributed by atoms with Crippen LogP contribution in [0.2, 0.25) is 0 Å². The highest BCUT2D eigenvalue weighted by atomic mass is 16.5. The van der Waals surface area contributed by atoms with E-state index in [9.17, 15) is 9.90 Å². The van der Waals surface area contributed by atoms with Crippen molar-refractivity contribution in [2.45, 2.75) is 50.9 Å². The van der Waals surface area contributed by atoms with Crippen molar-refractivity contribution < 1.29 is 14.6 Å². The molecule has 2 atom stereocenters. The van der Waals surface area contributed by atoms with E-state index >= 15 is 0 Å². The average molecular weight is 377 g/mol. The molecule has 4 heterocycles. The molecule has 3 aliphatic rings. The second-order valence-corrected chi connectivity index (χ2v) is 7.82. The number of aromatic nitrogens is 2. The predicted molar refractivity (Wildman–Crippen MR) is 100 cm³/mol. The number of hydrogen-bond donors (Lipinski definition) is 2. The summed E-state index contributed by atoms with van der Waals surface area (Å²) in [5, 5.41) is 18.1. The van der Waals surface area contributed by atoms with Crippen molar-refractivity contribution in [3.8, 4) is 0 Å². The number of amides is 1. The predicted octanol–water partition coefficient (Wildman–Crippen LogP) is -0.397. The van der Waals surface area contributed by atoms with Crippen LogP contribution in [0.3, 0.4) is 0 Å². The van der Waals surface area contributed by atoms with E-state index in [4.69, 9.17) is 4.74 Å². The molecule has 1 aromatic heterocycles. The van der Waals surface area contributed by atoms with E-state index in [0.29, 0.717) is 26.1 Å². The number of aliphatic hydroxyl groups excluding tert-OH is 1. The number of carbonyl (C=O) groups is 1. The van der Waals surface area contributed by atoms with E-state index in [1.54, 1.807) is 0 Å². The van der Waals surface area contributed by atoms with Gasteiger partial charge >= 0.3 is 0 Å². The fourth-order valence-electron chi connectivity index (χ4n) is 4.34. The summed E-state index contributed by atoms with van der Waals surface area (Å²) in [5.41, 5.74) is 2.24. The van der Waals surface area contributed by atoms with Gasteiger partial charge in [0.25, 0.3) is 0 Å². The summed E-state index contributed by atoms with van der Waals surface area (Å²) in [7, 11) is 0. The average Bonchev–Trinajstić information content (AvgIpc) is 3.08. The lowest BCUT2D eigenvalue weighted by atomic mass is 10.2. The molecule has 8 nitrogen and oxygen atoms in total. The monoisotopic (exact) mass is 377 g/mol. The molecule has 0 radical (unpaired) electrons. The molecule has 27 heavy (non-hydrogen) atoms. The van der Waals surface area contributed by atoms with E-state index in [1.807, 2.05) is 4.90 Å². The number of hydrogen-bond acceptors (Lipinski definition) is 6. The number of carbonyl (C=O) groups excluding carboxylic acids is 1. The number of nitrogens with zero attached hydrogens (tertiary/aromatic N) is 4. The summed E-state index contributed by atoms with van der Waals surface area (Å²) in [4.78, 5) is 17.0. The molecule has 150 valence electrons. The molecule has 0 aromatic carbocycles. The molecule has 0 bridgehead atoms. The van der Waals surface area contributed by atoms with Crippen molar-refractivity contribution in [2.75, 3.05) is 45.9 Å². The molecule has 3 aliphatic heterocycles. The lowest BCUT2D eigenvalue weighted by Crippen LogP contribution is -2.45. The topological polar surface area (TPSA) is 82.9 Å². The maximum Gasteiger partial charge on any atom is 0.223 e. The van der Waals surface area contributed by atoms with Gasteiger partial charge in [0.05, 0.1) is 36.7 Å². The van der Waals surface area contributed by atoms with Gasteiger partial charge < -0.3 is 20.1 Å². The van der Waals surface area contributed by atoms with Gasteiger partial charge in [0, 0.05) is 52.1 Å². The van der Waals surface area contributed by atoms with Crippen molar-refractivity contribution in [3.05, 3.63) is 17.5 Å². The normalized spacial score (nSPS) is 27.2. The molecule has 2 saturated heterocycles. The standard InChI is InChI=1S/C19H31N5O3/c25-18-14-27-13-17(18)22-6-2-7-23(10-9-22)19(26)4-3-15-11-16-12-20-5-1-8-24(16)21-15/h11,17-18,20,25H,1-10,12-14H2/t17-,18-/m0/s1. The molecular formula is C19H31N5O3. The second-order valence-electron chi connectivity index (χ2n) is 7.82. The summed E-state index contributed by atoms with van der Waals surface area (Å²) < 4.78 is 7.46. The van der Waals surface area contributed by atoms with Gasteiger partial charge in [-0.1, -0.05) is 0 Å². The van der Waals surface area contributed by atoms with Gasteiger partial charge in [-0.3, -0.25) is 14.4 Å². The summed E-state index contributed by atoms with van der Waals surface area (Å²) in [6.45, 7) is 7.11. The molecule has 4 rings (SSSR count). The lowest BCUT2D eigenvalue weighted by Gasteiger charge is -2.28. The van der Waals surface area contributed by atoms with Gasteiger partial charge in [-0.15, -0.1) is 0 Å². The van der Waals surface area contributed by atoms with E-state index in [1.165, 1.54) is 5.69 Å². The van der Waals surface area contributed by atoms with Crippen molar-refractivity contribution in [1.82, 2.24) is 24.9 Å². The Morgan fingerprint density at radius 2 is 2.15 bits per heavy atom. The number of ether oxygens (including phenoxy) is 1. The van der Waals surface area contributed by atoms with E-state index < -0.39 is 6.10 Å². The minimum absolute atomic E-state index is 0.0783. The van der Waals surface area contributed by atoms with Gasteiger partial charge in [0.2, 0.25) is 5.91 Å². The largest absolute Gasteiger partial charge is 0.389 e. The minimum atomic E-state index is -0.405. The Balaban J connectivity index is 1.27. The minimum Gasteiger partial charge on any atom is -0.389 e.